The van der Waals surface area contributed by atoms with Crippen molar-refractivity contribution in [1.29, 1.82) is 0 Å². The van der Waals surface area contributed by atoms with Gasteiger partial charge in [0.25, 0.3) is 0 Å². The number of aromatic nitrogens is 4. The van der Waals surface area contributed by atoms with E-state index in [1.165, 1.54) is 12.5 Å². The SMILES string of the molecule is Cc1ccc(-c2nnco2)cc1NC(=O)C=Cc1cn(Cc2ccccc2)nc1-c1ccccc1. The van der Waals surface area contributed by atoms with Crippen molar-refractivity contribution in [3.05, 3.63) is 114 Å². The Morgan fingerprint density at radius 1 is 1.00 bits per heavy atom. The third-order valence-corrected chi connectivity index (χ3v) is 5.54. The van der Waals surface area contributed by atoms with Crippen molar-refractivity contribution in [2.75, 3.05) is 5.32 Å². The predicted octanol–water partition coefficient (Wildman–Crippen LogP) is 5.61. The molecule has 0 spiro atoms. The fourth-order valence-electron chi connectivity index (χ4n) is 3.76. The molecule has 0 fully saturated rings. The molecule has 0 aliphatic heterocycles. The van der Waals surface area contributed by atoms with Crippen molar-refractivity contribution in [2.24, 2.45) is 0 Å². The number of nitrogens with zero attached hydrogens (tertiary/aromatic N) is 4. The summed E-state index contributed by atoms with van der Waals surface area (Å²) < 4.78 is 7.16. The first kappa shape index (κ1) is 22.0. The highest BCUT2D eigenvalue weighted by Gasteiger charge is 2.11. The number of carbonyl (C=O) groups is 1. The molecule has 0 aliphatic carbocycles. The summed E-state index contributed by atoms with van der Waals surface area (Å²) in [4.78, 5) is 12.8. The molecule has 7 nitrogen and oxygen atoms in total. The number of anilines is 1. The van der Waals surface area contributed by atoms with Gasteiger partial charge in [-0.3, -0.25) is 9.48 Å². The zero-order chi connectivity index (χ0) is 24.0. The van der Waals surface area contributed by atoms with Gasteiger partial charge in [0.05, 0.1) is 12.2 Å². The molecule has 7 heteroatoms. The van der Waals surface area contributed by atoms with Crippen molar-refractivity contribution in [3.8, 4) is 22.7 Å². The van der Waals surface area contributed by atoms with E-state index in [0.29, 0.717) is 18.1 Å². The molecule has 0 saturated carbocycles. The molecule has 3 aromatic carbocycles. The number of amides is 1. The first-order valence-electron chi connectivity index (χ1n) is 11.2. The van der Waals surface area contributed by atoms with Gasteiger partial charge >= 0.3 is 0 Å². The van der Waals surface area contributed by atoms with Crippen LogP contribution in [0.2, 0.25) is 0 Å². The van der Waals surface area contributed by atoms with Crippen LogP contribution < -0.4 is 5.32 Å². The predicted molar refractivity (Wildman–Crippen MR) is 135 cm³/mol. The summed E-state index contributed by atoms with van der Waals surface area (Å²) >= 11 is 0. The van der Waals surface area contributed by atoms with Crippen LogP contribution in [0.4, 0.5) is 5.69 Å². The lowest BCUT2D eigenvalue weighted by Crippen LogP contribution is -2.09. The maximum Gasteiger partial charge on any atom is 0.248 e. The molecular formula is C28H23N5O2. The van der Waals surface area contributed by atoms with Gasteiger partial charge in [0.1, 0.15) is 0 Å². The van der Waals surface area contributed by atoms with E-state index in [4.69, 9.17) is 9.52 Å². The normalized spacial score (nSPS) is 11.1. The topological polar surface area (TPSA) is 85.8 Å². The van der Waals surface area contributed by atoms with Gasteiger partial charge in [0, 0.05) is 34.7 Å². The Hall–Kier alpha value is -4.78. The van der Waals surface area contributed by atoms with Gasteiger partial charge in [-0.15, -0.1) is 10.2 Å². The molecule has 2 aromatic heterocycles. The summed E-state index contributed by atoms with van der Waals surface area (Å²) in [6.45, 7) is 2.57. The van der Waals surface area contributed by atoms with Gasteiger partial charge in [-0.1, -0.05) is 66.7 Å². The quantitative estimate of drug-likeness (QED) is 0.319. The minimum atomic E-state index is -0.245. The molecule has 0 radical (unpaired) electrons. The number of carbonyl (C=O) groups excluding carboxylic acids is 1. The lowest BCUT2D eigenvalue weighted by molar-refractivity contribution is -0.111. The van der Waals surface area contributed by atoms with E-state index in [0.717, 1.165) is 33.5 Å². The van der Waals surface area contributed by atoms with E-state index in [1.807, 2.05) is 84.5 Å². The molecule has 0 bridgehead atoms. The zero-order valence-electron chi connectivity index (χ0n) is 19.1. The minimum absolute atomic E-state index is 0.245. The Balaban J connectivity index is 1.39. The Labute approximate surface area is 202 Å². The summed E-state index contributed by atoms with van der Waals surface area (Å²) in [5.41, 5.74) is 6.16. The second kappa shape index (κ2) is 10.0. The monoisotopic (exact) mass is 461 g/mol. The van der Waals surface area contributed by atoms with Crippen molar-refractivity contribution in [3.63, 3.8) is 0 Å². The second-order valence-electron chi connectivity index (χ2n) is 8.08. The molecule has 172 valence electrons. The van der Waals surface area contributed by atoms with E-state index in [9.17, 15) is 4.79 Å². The molecule has 1 amide bonds. The third kappa shape index (κ3) is 5.25. The molecule has 0 saturated heterocycles. The average Bonchev–Trinajstić information content (AvgIpc) is 3.56. The molecule has 0 aliphatic rings. The number of aryl methyl sites for hydroxylation is 1. The molecule has 1 N–H and O–H groups in total. The van der Waals surface area contributed by atoms with Gasteiger partial charge in [0.15, 0.2) is 0 Å². The van der Waals surface area contributed by atoms with Crippen LogP contribution >= 0.6 is 0 Å². The summed E-state index contributed by atoms with van der Waals surface area (Å²) in [6.07, 6.45) is 6.55. The van der Waals surface area contributed by atoms with Crippen molar-refractivity contribution >= 4 is 17.7 Å². The van der Waals surface area contributed by atoms with Gasteiger partial charge in [-0.2, -0.15) is 5.10 Å². The van der Waals surface area contributed by atoms with Crippen LogP contribution in [0, 0.1) is 6.92 Å². The van der Waals surface area contributed by atoms with Crippen molar-refractivity contribution in [1.82, 2.24) is 20.0 Å². The smallest absolute Gasteiger partial charge is 0.248 e. The Bertz CT molecular complexity index is 1460. The number of nitrogens with one attached hydrogen (secondary N) is 1. The summed E-state index contributed by atoms with van der Waals surface area (Å²) in [7, 11) is 0. The highest BCUT2D eigenvalue weighted by molar-refractivity contribution is 6.03. The average molecular weight is 462 g/mol. The van der Waals surface area contributed by atoms with Crippen LogP contribution in [0.3, 0.4) is 0 Å². The van der Waals surface area contributed by atoms with Gasteiger partial charge in [-0.25, -0.2) is 0 Å². The Morgan fingerprint density at radius 3 is 2.51 bits per heavy atom. The molecule has 5 rings (SSSR count). The first-order chi connectivity index (χ1) is 17.2. The van der Waals surface area contributed by atoms with E-state index < -0.39 is 0 Å². The van der Waals surface area contributed by atoms with E-state index in [1.54, 1.807) is 6.08 Å². The van der Waals surface area contributed by atoms with E-state index in [2.05, 4.69) is 27.6 Å². The number of rotatable bonds is 7. The van der Waals surface area contributed by atoms with Gasteiger partial charge in [0.2, 0.25) is 18.2 Å². The first-order valence-corrected chi connectivity index (χ1v) is 11.2. The maximum absolute atomic E-state index is 12.8. The van der Waals surface area contributed by atoms with Crippen molar-refractivity contribution in [2.45, 2.75) is 13.5 Å². The van der Waals surface area contributed by atoms with Crippen LogP contribution in [0.5, 0.6) is 0 Å². The standard InChI is InChI=1S/C28H23N5O2/c1-20-12-13-23(28-31-29-19-35-28)16-25(20)30-26(34)15-14-24-18-33(17-21-8-4-2-5-9-21)32-27(24)22-10-6-3-7-11-22/h2-16,18-19H,17H2,1H3,(H,30,34). The Kier molecular flexibility index (Phi) is 6.30. The molecule has 35 heavy (non-hydrogen) atoms. The fraction of sp³-hybridized carbons (Fsp3) is 0.0714. The van der Waals surface area contributed by atoms with Crippen LogP contribution in [-0.4, -0.2) is 25.9 Å². The second-order valence-corrected chi connectivity index (χ2v) is 8.08. The highest BCUT2D eigenvalue weighted by atomic mass is 16.4. The zero-order valence-corrected chi connectivity index (χ0v) is 19.1. The maximum atomic E-state index is 12.8. The molecule has 2 heterocycles. The highest BCUT2D eigenvalue weighted by Crippen LogP contribution is 2.25. The van der Waals surface area contributed by atoms with Crippen LogP contribution in [0.25, 0.3) is 28.8 Å². The lowest BCUT2D eigenvalue weighted by atomic mass is 10.1. The van der Waals surface area contributed by atoms with Crippen molar-refractivity contribution < 1.29 is 9.21 Å². The van der Waals surface area contributed by atoms with Crippen LogP contribution in [0.15, 0.2) is 102 Å². The lowest BCUT2D eigenvalue weighted by Gasteiger charge is -2.07. The molecule has 0 atom stereocenters. The largest absolute Gasteiger partial charge is 0.423 e. The summed E-state index contributed by atoms with van der Waals surface area (Å²) in [5.74, 6) is 0.153. The fourth-order valence-corrected chi connectivity index (χ4v) is 3.76. The summed E-state index contributed by atoms with van der Waals surface area (Å²) in [6, 6.07) is 25.7. The minimum Gasteiger partial charge on any atom is -0.423 e. The van der Waals surface area contributed by atoms with Crippen LogP contribution in [0.1, 0.15) is 16.7 Å². The number of hydrogen-bond acceptors (Lipinski definition) is 5. The Morgan fingerprint density at radius 2 is 1.77 bits per heavy atom. The molecular weight excluding hydrogens is 438 g/mol. The van der Waals surface area contributed by atoms with E-state index >= 15 is 0 Å². The number of hydrogen-bond donors (Lipinski definition) is 1. The van der Waals surface area contributed by atoms with E-state index in [-0.39, 0.29) is 5.91 Å². The molecule has 0 unspecified atom stereocenters. The molecule has 5 aromatic rings. The third-order valence-electron chi connectivity index (χ3n) is 5.54. The van der Waals surface area contributed by atoms with Crippen LogP contribution in [-0.2, 0) is 11.3 Å². The summed E-state index contributed by atoms with van der Waals surface area (Å²) in [5, 5.41) is 15.4. The van der Waals surface area contributed by atoms with Gasteiger partial charge in [-0.05, 0) is 36.3 Å². The number of benzene rings is 3. The van der Waals surface area contributed by atoms with Gasteiger partial charge < -0.3 is 9.73 Å².